The van der Waals surface area contributed by atoms with E-state index in [0.29, 0.717) is 0 Å². The van der Waals surface area contributed by atoms with Gasteiger partial charge >= 0.3 is 5.97 Å². The molecule has 1 N–H and O–H groups in total. The highest BCUT2D eigenvalue weighted by Gasteiger charge is 2.64. The summed E-state index contributed by atoms with van der Waals surface area (Å²) in [6.45, 7) is 0. The van der Waals surface area contributed by atoms with E-state index in [-0.39, 0.29) is 23.7 Å². The molecule has 1 saturated carbocycles. The Balaban J connectivity index is 1.98. The smallest absolute Gasteiger partial charge is 0.310 e. The number of methoxy groups -OCH3 is 1. The minimum Gasteiger partial charge on any atom is -0.469 e. The van der Waals surface area contributed by atoms with Crippen molar-refractivity contribution in [3.8, 4) is 0 Å². The Bertz CT molecular complexity index is 666. The van der Waals surface area contributed by atoms with Crippen molar-refractivity contribution >= 4 is 17.6 Å². The molecule has 1 aromatic carbocycles. The van der Waals surface area contributed by atoms with Crippen LogP contribution in [0.4, 0.5) is 5.69 Å². The zero-order chi connectivity index (χ0) is 14.6. The number of carbonyl (C=O) groups is 2. The summed E-state index contributed by atoms with van der Waals surface area (Å²) in [5.41, 5.74) is 0.989. The molecule has 4 nitrogen and oxygen atoms in total. The van der Waals surface area contributed by atoms with E-state index in [0.717, 1.165) is 24.1 Å². The Hall–Kier alpha value is -2.10. The lowest BCUT2D eigenvalue weighted by Crippen LogP contribution is -2.57. The maximum Gasteiger partial charge on any atom is 0.310 e. The number of anilines is 1. The van der Waals surface area contributed by atoms with Crippen molar-refractivity contribution in [2.24, 2.45) is 17.8 Å². The van der Waals surface area contributed by atoms with E-state index in [9.17, 15) is 9.59 Å². The number of nitrogens with one attached hydrogen (secondary N) is 1. The van der Waals surface area contributed by atoms with Crippen LogP contribution in [0.3, 0.4) is 0 Å². The fourth-order valence-electron chi connectivity index (χ4n) is 4.53. The van der Waals surface area contributed by atoms with Gasteiger partial charge in [0.2, 0.25) is 5.91 Å². The van der Waals surface area contributed by atoms with Crippen LogP contribution >= 0.6 is 0 Å². The van der Waals surface area contributed by atoms with E-state index >= 15 is 0 Å². The summed E-state index contributed by atoms with van der Waals surface area (Å²) in [5.74, 6) is -0.608. The van der Waals surface area contributed by atoms with E-state index in [2.05, 4.69) is 17.5 Å². The predicted molar refractivity (Wildman–Crippen MR) is 77.6 cm³/mol. The van der Waals surface area contributed by atoms with Gasteiger partial charge in [-0.1, -0.05) is 30.4 Å². The second-order valence-electron chi connectivity index (χ2n) is 6.10. The lowest BCUT2D eigenvalue weighted by Gasteiger charge is -2.49. The van der Waals surface area contributed by atoms with Gasteiger partial charge in [-0.25, -0.2) is 0 Å². The third-order valence-electron chi connectivity index (χ3n) is 5.36. The summed E-state index contributed by atoms with van der Waals surface area (Å²) in [6, 6.07) is 7.71. The third-order valence-corrected chi connectivity index (χ3v) is 5.36. The average molecular weight is 283 g/mol. The van der Waals surface area contributed by atoms with Gasteiger partial charge in [0.15, 0.2) is 0 Å². The maximum atomic E-state index is 12.9. The van der Waals surface area contributed by atoms with Crippen molar-refractivity contribution < 1.29 is 14.3 Å². The highest BCUT2D eigenvalue weighted by Crippen LogP contribution is 2.58. The van der Waals surface area contributed by atoms with Crippen molar-refractivity contribution in [1.82, 2.24) is 0 Å². The molecule has 5 rings (SSSR count). The van der Waals surface area contributed by atoms with Crippen LogP contribution in [-0.2, 0) is 19.7 Å². The number of amides is 1. The molecule has 1 amide bonds. The maximum absolute atomic E-state index is 12.9. The molecule has 1 heterocycles. The molecule has 1 aliphatic heterocycles. The number of hydrogen-bond donors (Lipinski definition) is 1. The van der Waals surface area contributed by atoms with E-state index < -0.39 is 11.3 Å². The molecular weight excluding hydrogens is 266 g/mol. The second-order valence-corrected chi connectivity index (χ2v) is 6.10. The number of hydrogen-bond acceptors (Lipinski definition) is 3. The van der Waals surface area contributed by atoms with E-state index in [1.807, 2.05) is 24.3 Å². The van der Waals surface area contributed by atoms with Gasteiger partial charge in [0.1, 0.15) is 0 Å². The summed E-state index contributed by atoms with van der Waals surface area (Å²) in [7, 11) is 1.40. The first kappa shape index (κ1) is 12.6. The molecule has 0 unspecified atom stereocenters. The van der Waals surface area contributed by atoms with Gasteiger partial charge in [0.05, 0.1) is 18.4 Å². The first-order valence-corrected chi connectivity index (χ1v) is 7.36. The summed E-state index contributed by atoms with van der Waals surface area (Å²) < 4.78 is 5.04. The molecule has 108 valence electrons. The predicted octanol–water partition coefficient (Wildman–Crippen LogP) is 2.26. The molecular formula is C17H17NO3. The molecule has 0 saturated heterocycles. The Labute approximate surface area is 123 Å². The van der Waals surface area contributed by atoms with Crippen molar-refractivity contribution in [2.75, 3.05) is 12.4 Å². The van der Waals surface area contributed by atoms with E-state index in [4.69, 9.17) is 4.74 Å². The second kappa shape index (κ2) is 4.20. The van der Waals surface area contributed by atoms with Crippen molar-refractivity contribution in [3.63, 3.8) is 0 Å². The molecule has 21 heavy (non-hydrogen) atoms. The van der Waals surface area contributed by atoms with Crippen LogP contribution < -0.4 is 5.32 Å². The first-order chi connectivity index (χ1) is 10.2. The van der Waals surface area contributed by atoms with Crippen molar-refractivity contribution in [3.05, 3.63) is 42.0 Å². The quantitative estimate of drug-likeness (QED) is 0.635. The number of ether oxygens (including phenoxy) is 1. The fourth-order valence-corrected chi connectivity index (χ4v) is 4.53. The molecule has 2 bridgehead atoms. The van der Waals surface area contributed by atoms with Crippen LogP contribution in [0.2, 0.25) is 0 Å². The minimum absolute atomic E-state index is 0.0573. The number of allylic oxidation sites excluding steroid dienone is 2. The molecule has 1 fully saturated rings. The zero-order valence-corrected chi connectivity index (χ0v) is 11.8. The largest absolute Gasteiger partial charge is 0.469 e. The van der Waals surface area contributed by atoms with Gasteiger partial charge < -0.3 is 10.1 Å². The van der Waals surface area contributed by atoms with Gasteiger partial charge in [-0.15, -0.1) is 0 Å². The Morgan fingerprint density at radius 1 is 1.29 bits per heavy atom. The average Bonchev–Trinajstić information content (AvgIpc) is 2.81. The molecule has 0 radical (unpaired) electrons. The molecule has 4 atom stereocenters. The van der Waals surface area contributed by atoms with Gasteiger partial charge in [0, 0.05) is 5.69 Å². The number of para-hydroxylation sites is 1. The molecule has 4 aliphatic rings. The topological polar surface area (TPSA) is 55.4 Å². The van der Waals surface area contributed by atoms with Crippen LogP contribution in [0.25, 0.3) is 0 Å². The number of carbonyl (C=O) groups excluding carboxylic acids is 2. The van der Waals surface area contributed by atoms with Gasteiger partial charge in [-0.2, -0.15) is 0 Å². The third kappa shape index (κ3) is 1.40. The van der Waals surface area contributed by atoms with E-state index in [1.165, 1.54) is 7.11 Å². The van der Waals surface area contributed by atoms with Crippen molar-refractivity contribution in [1.29, 1.82) is 0 Å². The van der Waals surface area contributed by atoms with Crippen LogP contribution in [0.1, 0.15) is 18.4 Å². The SMILES string of the molecule is COC(=O)[C@@H]1[C@@H]2C=C[C@@H](CC2)[C@]12C(=O)Nc1ccccc12. The number of benzene rings is 1. The van der Waals surface area contributed by atoms with Gasteiger partial charge in [0.25, 0.3) is 0 Å². The lowest BCUT2D eigenvalue weighted by atomic mass is 9.51. The highest BCUT2D eigenvalue weighted by atomic mass is 16.5. The summed E-state index contributed by atoms with van der Waals surface area (Å²) >= 11 is 0. The number of rotatable bonds is 1. The molecule has 4 heteroatoms. The minimum atomic E-state index is -0.790. The van der Waals surface area contributed by atoms with Crippen molar-refractivity contribution in [2.45, 2.75) is 18.3 Å². The van der Waals surface area contributed by atoms with Crippen LogP contribution in [0.5, 0.6) is 0 Å². The summed E-state index contributed by atoms with van der Waals surface area (Å²) in [6.07, 6.45) is 6.10. The number of fused-ring (bicyclic) bond motifs is 2. The monoisotopic (exact) mass is 283 g/mol. The van der Waals surface area contributed by atoms with Crippen LogP contribution in [-0.4, -0.2) is 19.0 Å². The normalized spacial score (nSPS) is 35.7. The van der Waals surface area contributed by atoms with Gasteiger partial charge in [-0.05, 0) is 36.3 Å². The standard InChI is InChI=1S/C17H17NO3/c1-21-15(19)14-10-6-8-11(9-7-10)17(14)12-4-2-3-5-13(12)18-16(17)20/h2-6,8,10-11,14H,7,9H2,1H3,(H,18,20)/t10-,11+,14+,17-/m1/s1. The Kier molecular flexibility index (Phi) is 2.52. The van der Waals surface area contributed by atoms with Gasteiger partial charge in [-0.3, -0.25) is 9.59 Å². The zero-order valence-electron chi connectivity index (χ0n) is 11.8. The van der Waals surface area contributed by atoms with Crippen LogP contribution in [0, 0.1) is 17.8 Å². The Morgan fingerprint density at radius 2 is 2.10 bits per heavy atom. The van der Waals surface area contributed by atoms with E-state index in [1.54, 1.807) is 0 Å². The fraction of sp³-hybridized carbons (Fsp3) is 0.412. The summed E-state index contributed by atoms with van der Waals surface area (Å²) in [5, 5.41) is 2.97. The van der Waals surface area contributed by atoms with Crippen LogP contribution in [0.15, 0.2) is 36.4 Å². The molecule has 1 aromatic rings. The highest BCUT2D eigenvalue weighted by molar-refractivity contribution is 6.09. The number of esters is 1. The molecule has 3 aliphatic carbocycles. The lowest BCUT2D eigenvalue weighted by molar-refractivity contribution is -0.156. The molecule has 1 spiro atoms. The molecule has 0 aromatic heterocycles. The first-order valence-electron chi connectivity index (χ1n) is 7.36. The summed E-state index contributed by atoms with van der Waals surface area (Å²) in [4.78, 5) is 25.3. The Morgan fingerprint density at radius 3 is 2.81 bits per heavy atom.